The van der Waals surface area contributed by atoms with Crippen LogP contribution in [0.3, 0.4) is 0 Å². The van der Waals surface area contributed by atoms with Crippen molar-refractivity contribution in [2.24, 2.45) is 0 Å². The number of aromatic nitrogens is 2. The van der Waals surface area contributed by atoms with Gasteiger partial charge in [0.15, 0.2) is 0 Å². The molecule has 0 aromatic carbocycles. The lowest BCUT2D eigenvalue weighted by atomic mass is 10.1. The molecule has 0 unspecified atom stereocenters. The Kier molecular flexibility index (Phi) is 7.57. The van der Waals surface area contributed by atoms with Crippen LogP contribution in [-0.2, 0) is 16.0 Å². The summed E-state index contributed by atoms with van der Waals surface area (Å²) in [6.45, 7) is 2.58. The van der Waals surface area contributed by atoms with Crippen molar-refractivity contribution in [2.45, 2.75) is 25.5 Å². The van der Waals surface area contributed by atoms with Crippen LogP contribution in [0.5, 0.6) is 11.8 Å². The Morgan fingerprint density at radius 3 is 2.82 bits per heavy atom. The van der Waals surface area contributed by atoms with Crippen molar-refractivity contribution in [3.63, 3.8) is 0 Å². The fraction of sp³-hybridized carbons (Fsp3) is 0.450. The van der Waals surface area contributed by atoms with Crippen molar-refractivity contribution in [1.29, 1.82) is 0 Å². The quantitative estimate of drug-likeness (QED) is 0.658. The van der Waals surface area contributed by atoms with E-state index in [1.807, 2.05) is 6.07 Å². The predicted molar refractivity (Wildman–Crippen MR) is 101 cm³/mol. The average molecular weight is 387 g/mol. The van der Waals surface area contributed by atoms with Crippen molar-refractivity contribution in [2.75, 3.05) is 33.5 Å². The highest BCUT2D eigenvalue weighted by molar-refractivity contribution is 5.93. The molecule has 1 fully saturated rings. The highest BCUT2D eigenvalue weighted by atomic mass is 16.5. The molecule has 1 aliphatic rings. The molecule has 3 heterocycles. The molecule has 0 radical (unpaired) electrons. The molecular weight excluding hydrogens is 362 g/mol. The van der Waals surface area contributed by atoms with E-state index in [4.69, 9.17) is 18.9 Å². The number of hydrogen-bond acceptors (Lipinski definition) is 7. The molecule has 0 spiro atoms. The van der Waals surface area contributed by atoms with Crippen molar-refractivity contribution in [3.8, 4) is 11.8 Å². The van der Waals surface area contributed by atoms with Gasteiger partial charge >= 0.3 is 0 Å². The monoisotopic (exact) mass is 387 g/mol. The smallest absolute Gasteiger partial charge is 0.253 e. The van der Waals surface area contributed by atoms with E-state index in [9.17, 15) is 4.79 Å². The normalized spacial score (nSPS) is 14.5. The van der Waals surface area contributed by atoms with Crippen LogP contribution in [-0.4, -0.2) is 55.5 Å². The zero-order valence-corrected chi connectivity index (χ0v) is 15.9. The molecule has 1 N–H and O–H groups in total. The second kappa shape index (κ2) is 10.6. The van der Waals surface area contributed by atoms with Crippen molar-refractivity contribution in [1.82, 2.24) is 15.3 Å². The van der Waals surface area contributed by atoms with Crippen LogP contribution in [0.4, 0.5) is 0 Å². The molecule has 1 aliphatic heterocycles. The molecule has 8 heteroatoms. The number of hydrogen-bond donors (Lipinski definition) is 1. The van der Waals surface area contributed by atoms with Gasteiger partial charge in [0.1, 0.15) is 12.7 Å². The molecule has 1 amide bonds. The van der Waals surface area contributed by atoms with Gasteiger partial charge in [0.25, 0.3) is 5.91 Å². The Morgan fingerprint density at radius 2 is 2.07 bits per heavy atom. The Balaban J connectivity index is 1.52. The van der Waals surface area contributed by atoms with Crippen LogP contribution in [0.25, 0.3) is 0 Å². The molecule has 2 aromatic rings. The topological polar surface area (TPSA) is 91.8 Å². The van der Waals surface area contributed by atoms with Crippen LogP contribution in [0.15, 0.2) is 36.7 Å². The number of nitrogens with one attached hydrogen (secondary N) is 1. The van der Waals surface area contributed by atoms with Gasteiger partial charge in [-0.2, -0.15) is 0 Å². The molecule has 0 saturated carbocycles. The summed E-state index contributed by atoms with van der Waals surface area (Å²) in [5.74, 6) is 0.777. The number of carbonyl (C=O) groups excluding carboxylic acids is 1. The van der Waals surface area contributed by atoms with E-state index in [1.54, 1.807) is 31.5 Å². The summed E-state index contributed by atoms with van der Waals surface area (Å²) in [5.41, 5.74) is 1.25. The van der Waals surface area contributed by atoms with Crippen molar-refractivity contribution in [3.05, 3.63) is 47.8 Å². The van der Waals surface area contributed by atoms with E-state index in [0.717, 1.165) is 18.4 Å². The second-order valence-corrected chi connectivity index (χ2v) is 6.31. The molecule has 0 atom stereocenters. The standard InChI is InChI=1S/C20H25N3O5/c1-25-11-12-27-20-16(3-2-8-21-20)14-23-19(24)15-4-5-18(22-13-15)28-17-6-9-26-10-7-17/h2-5,8,13,17H,6-7,9-12,14H2,1H3,(H,23,24). The largest absolute Gasteiger partial charge is 0.475 e. The number of methoxy groups -OCH3 is 1. The molecule has 150 valence electrons. The Labute approximate surface area is 164 Å². The van der Waals surface area contributed by atoms with E-state index in [0.29, 0.717) is 50.3 Å². The van der Waals surface area contributed by atoms with E-state index >= 15 is 0 Å². The maximum Gasteiger partial charge on any atom is 0.253 e. The number of carbonyl (C=O) groups is 1. The summed E-state index contributed by atoms with van der Waals surface area (Å²) >= 11 is 0. The summed E-state index contributed by atoms with van der Waals surface area (Å²) in [6.07, 6.45) is 4.98. The molecule has 28 heavy (non-hydrogen) atoms. The summed E-state index contributed by atoms with van der Waals surface area (Å²) in [5, 5.41) is 2.86. The van der Waals surface area contributed by atoms with Crippen LogP contribution < -0.4 is 14.8 Å². The Morgan fingerprint density at radius 1 is 1.21 bits per heavy atom. The van der Waals surface area contributed by atoms with Gasteiger partial charge in [0.2, 0.25) is 11.8 Å². The Hall–Kier alpha value is -2.71. The molecule has 8 nitrogen and oxygen atoms in total. The van der Waals surface area contributed by atoms with Gasteiger partial charge in [0.05, 0.1) is 25.4 Å². The van der Waals surface area contributed by atoms with Gasteiger partial charge in [-0.3, -0.25) is 4.79 Å². The van der Waals surface area contributed by atoms with E-state index in [1.165, 1.54) is 6.20 Å². The summed E-state index contributed by atoms with van der Waals surface area (Å²) in [7, 11) is 1.61. The first-order chi connectivity index (χ1) is 13.8. The molecule has 0 bridgehead atoms. The zero-order valence-electron chi connectivity index (χ0n) is 15.9. The molecular formula is C20H25N3O5. The fourth-order valence-electron chi connectivity index (χ4n) is 2.74. The van der Waals surface area contributed by atoms with Gasteiger partial charge in [-0.25, -0.2) is 9.97 Å². The number of ether oxygens (including phenoxy) is 4. The van der Waals surface area contributed by atoms with Crippen LogP contribution in [0, 0.1) is 0 Å². The molecule has 1 saturated heterocycles. The maximum absolute atomic E-state index is 12.4. The van der Waals surface area contributed by atoms with Gasteiger partial charge in [-0.15, -0.1) is 0 Å². The van der Waals surface area contributed by atoms with Crippen LogP contribution >= 0.6 is 0 Å². The van der Waals surface area contributed by atoms with Gasteiger partial charge in [0, 0.05) is 50.5 Å². The number of nitrogens with zero attached hydrogens (tertiary/aromatic N) is 2. The first-order valence-corrected chi connectivity index (χ1v) is 9.30. The lowest BCUT2D eigenvalue weighted by Crippen LogP contribution is -2.26. The molecule has 3 rings (SSSR count). The summed E-state index contributed by atoms with van der Waals surface area (Å²) in [4.78, 5) is 20.8. The highest BCUT2D eigenvalue weighted by Gasteiger charge is 2.16. The van der Waals surface area contributed by atoms with E-state index in [-0.39, 0.29) is 12.0 Å². The predicted octanol–water partition coefficient (Wildman–Crippen LogP) is 1.99. The number of pyridine rings is 2. The van der Waals surface area contributed by atoms with Crippen LogP contribution in [0.1, 0.15) is 28.8 Å². The molecule has 0 aliphatic carbocycles. The van der Waals surface area contributed by atoms with Gasteiger partial charge in [-0.1, -0.05) is 6.07 Å². The first kappa shape index (κ1) is 20.0. The van der Waals surface area contributed by atoms with Gasteiger partial charge < -0.3 is 24.3 Å². The maximum atomic E-state index is 12.4. The zero-order chi connectivity index (χ0) is 19.6. The van der Waals surface area contributed by atoms with Crippen molar-refractivity contribution < 1.29 is 23.7 Å². The third-order valence-corrected chi connectivity index (χ3v) is 4.27. The lowest BCUT2D eigenvalue weighted by molar-refractivity contribution is 0.0237. The van der Waals surface area contributed by atoms with Crippen molar-refractivity contribution >= 4 is 5.91 Å². The van der Waals surface area contributed by atoms with E-state index < -0.39 is 0 Å². The minimum atomic E-state index is -0.225. The van der Waals surface area contributed by atoms with Crippen LogP contribution in [0.2, 0.25) is 0 Å². The second-order valence-electron chi connectivity index (χ2n) is 6.31. The summed E-state index contributed by atoms with van der Waals surface area (Å²) in [6, 6.07) is 7.08. The first-order valence-electron chi connectivity index (χ1n) is 9.30. The highest BCUT2D eigenvalue weighted by Crippen LogP contribution is 2.17. The third kappa shape index (κ3) is 5.90. The number of rotatable bonds is 9. The SMILES string of the molecule is COCCOc1ncccc1CNC(=O)c1ccc(OC2CCOCC2)nc1. The van der Waals surface area contributed by atoms with E-state index in [2.05, 4.69) is 15.3 Å². The number of amides is 1. The Bertz CT molecular complexity index is 748. The summed E-state index contributed by atoms with van der Waals surface area (Å²) < 4.78 is 21.7. The average Bonchev–Trinajstić information content (AvgIpc) is 2.74. The third-order valence-electron chi connectivity index (χ3n) is 4.27. The molecule has 2 aromatic heterocycles. The minimum absolute atomic E-state index is 0.114. The minimum Gasteiger partial charge on any atom is -0.475 e. The van der Waals surface area contributed by atoms with Gasteiger partial charge in [-0.05, 0) is 12.1 Å². The fourth-order valence-corrected chi connectivity index (χ4v) is 2.74. The lowest BCUT2D eigenvalue weighted by Gasteiger charge is -2.22.